The second-order valence-electron chi connectivity index (χ2n) is 15.2. The number of fused-ring (bicyclic) bond motifs is 12. The summed E-state index contributed by atoms with van der Waals surface area (Å²) in [5, 5.41) is 10.6. The first-order valence-corrected chi connectivity index (χ1v) is 17.2. The van der Waals surface area contributed by atoms with Crippen molar-refractivity contribution in [3.8, 4) is 22.6 Å². The SMILES string of the molecule is Cc1cccc(C)c1-c1nn2c3c(c4oc5c(c4cc13)CCC=C5)B1c3ccc(C(C)(C)C)cc3-n3c4ccccc4c4ccc-2c1c43. The molecule has 8 aromatic rings. The highest BCUT2D eigenvalue weighted by atomic mass is 16.3. The third-order valence-electron chi connectivity index (χ3n) is 11.4. The number of aromatic nitrogens is 3. The molecule has 0 spiro atoms. The van der Waals surface area contributed by atoms with Crippen LogP contribution in [0.1, 0.15) is 55.2 Å². The maximum Gasteiger partial charge on any atom is 0.257 e. The molecule has 0 fully saturated rings. The summed E-state index contributed by atoms with van der Waals surface area (Å²) in [6.07, 6.45) is 6.46. The van der Waals surface area contributed by atoms with E-state index in [-0.39, 0.29) is 12.1 Å². The fourth-order valence-corrected chi connectivity index (χ4v) is 9.25. The Morgan fingerprint density at radius 3 is 2.44 bits per heavy atom. The minimum absolute atomic E-state index is 0.00216. The first-order chi connectivity index (χ1) is 23.3. The summed E-state index contributed by atoms with van der Waals surface area (Å²) in [5.41, 5.74) is 18.5. The normalized spacial score (nSPS) is 14.5. The molecule has 0 bridgehead atoms. The zero-order chi connectivity index (χ0) is 32.2. The maximum atomic E-state index is 6.97. The summed E-state index contributed by atoms with van der Waals surface area (Å²) in [7, 11) is 0. The number of aryl methyl sites for hydroxylation is 3. The average molecular weight is 620 g/mol. The summed E-state index contributed by atoms with van der Waals surface area (Å²) in [4.78, 5) is 0. The molecular formula is C43H34BN3O. The second kappa shape index (κ2) is 8.79. The summed E-state index contributed by atoms with van der Waals surface area (Å²) in [5.74, 6) is 1.01. The predicted molar refractivity (Wildman–Crippen MR) is 201 cm³/mol. The summed E-state index contributed by atoms with van der Waals surface area (Å²) < 4.78 is 11.8. The van der Waals surface area contributed by atoms with E-state index < -0.39 is 0 Å². The second-order valence-corrected chi connectivity index (χ2v) is 15.2. The van der Waals surface area contributed by atoms with Crippen molar-refractivity contribution in [2.45, 2.75) is 52.9 Å². The van der Waals surface area contributed by atoms with E-state index in [0.29, 0.717) is 0 Å². The molecule has 11 rings (SSSR count). The number of hydrogen-bond donors (Lipinski definition) is 0. The van der Waals surface area contributed by atoms with Gasteiger partial charge < -0.3 is 8.98 Å². The Bertz CT molecular complexity index is 2780. The van der Waals surface area contributed by atoms with E-state index in [1.54, 1.807) is 0 Å². The van der Waals surface area contributed by atoms with Gasteiger partial charge in [0.1, 0.15) is 17.0 Å². The Morgan fingerprint density at radius 1 is 0.771 bits per heavy atom. The van der Waals surface area contributed by atoms with Crippen LogP contribution < -0.4 is 16.4 Å². The first kappa shape index (κ1) is 26.7. The molecule has 0 amide bonds. The molecule has 2 aliphatic heterocycles. The topological polar surface area (TPSA) is 35.9 Å². The van der Waals surface area contributed by atoms with Crippen LogP contribution in [0.5, 0.6) is 0 Å². The van der Waals surface area contributed by atoms with Gasteiger partial charge in [0.25, 0.3) is 6.71 Å². The van der Waals surface area contributed by atoms with Crippen LogP contribution in [0.4, 0.5) is 0 Å². The van der Waals surface area contributed by atoms with Crippen molar-refractivity contribution < 1.29 is 4.42 Å². The highest BCUT2D eigenvalue weighted by Gasteiger charge is 2.44. The first-order valence-electron chi connectivity index (χ1n) is 17.2. The maximum absolute atomic E-state index is 6.97. The highest BCUT2D eigenvalue weighted by Crippen LogP contribution is 2.43. The number of hydrogen-bond acceptors (Lipinski definition) is 2. The van der Waals surface area contributed by atoms with Crippen LogP contribution in [-0.4, -0.2) is 21.1 Å². The average Bonchev–Trinajstić information content (AvgIpc) is 3.75. The molecule has 3 aliphatic rings. The van der Waals surface area contributed by atoms with Crippen LogP contribution in [0.15, 0.2) is 89.4 Å². The van der Waals surface area contributed by atoms with Gasteiger partial charge in [-0.1, -0.05) is 81.4 Å². The standard InChI is InChI=1S/C43H34BN3O/c1-23-11-10-12-24(2)36(23)39-30-22-29-27-14-7-9-16-35(27)48-42(29)38-41(30)47(45-39)33-20-18-28-26-13-6-8-15-32(26)46-34-21-25(43(3,4)5)17-19-31(34)44(38)37(33)40(28)46/h6,8-13,15-22H,7,14H2,1-5H3. The number of allylic oxidation sites excluding steroid dienone is 1. The smallest absolute Gasteiger partial charge is 0.257 e. The predicted octanol–water partition coefficient (Wildman–Crippen LogP) is 8.55. The quantitative estimate of drug-likeness (QED) is 0.173. The van der Waals surface area contributed by atoms with Crippen molar-refractivity contribution in [1.82, 2.24) is 14.3 Å². The van der Waals surface area contributed by atoms with E-state index in [0.717, 1.165) is 35.6 Å². The Morgan fingerprint density at radius 2 is 1.60 bits per heavy atom. The molecule has 0 atom stereocenters. The molecule has 230 valence electrons. The number of para-hydroxylation sites is 1. The zero-order valence-electron chi connectivity index (χ0n) is 27.9. The van der Waals surface area contributed by atoms with Crippen molar-refractivity contribution in [3.63, 3.8) is 0 Å². The van der Waals surface area contributed by atoms with Gasteiger partial charge in [-0.05, 0) is 95.5 Å². The Kier molecular flexibility index (Phi) is 4.90. The van der Waals surface area contributed by atoms with Crippen molar-refractivity contribution in [1.29, 1.82) is 0 Å². The van der Waals surface area contributed by atoms with Crippen molar-refractivity contribution >= 4 is 72.9 Å². The van der Waals surface area contributed by atoms with Gasteiger partial charge in [0, 0.05) is 38.4 Å². The van der Waals surface area contributed by atoms with E-state index in [1.807, 2.05) is 0 Å². The lowest BCUT2D eigenvalue weighted by Gasteiger charge is -2.33. The number of rotatable bonds is 1. The van der Waals surface area contributed by atoms with E-state index in [9.17, 15) is 0 Å². The van der Waals surface area contributed by atoms with Gasteiger partial charge >= 0.3 is 0 Å². The monoisotopic (exact) mass is 619 g/mol. The summed E-state index contributed by atoms with van der Waals surface area (Å²) in [6.45, 7) is 11.4. The van der Waals surface area contributed by atoms with Crippen LogP contribution in [0.25, 0.3) is 72.4 Å². The minimum Gasteiger partial charge on any atom is -0.457 e. The van der Waals surface area contributed by atoms with Gasteiger partial charge in [0.2, 0.25) is 0 Å². The molecule has 0 unspecified atom stereocenters. The van der Waals surface area contributed by atoms with Crippen molar-refractivity contribution in [2.24, 2.45) is 0 Å². The van der Waals surface area contributed by atoms with E-state index >= 15 is 0 Å². The van der Waals surface area contributed by atoms with Crippen LogP contribution in [0.2, 0.25) is 0 Å². The molecular weight excluding hydrogens is 585 g/mol. The lowest BCUT2D eigenvalue weighted by molar-refractivity contribution is 0.590. The molecule has 5 heterocycles. The van der Waals surface area contributed by atoms with E-state index in [1.165, 1.54) is 88.0 Å². The molecule has 1 aliphatic carbocycles. The molecule has 0 saturated heterocycles. The molecule has 3 aromatic heterocycles. The van der Waals surface area contributed by atoms with Gasteiger partial charge in [0.15, 0.2) is 0 Å². The molecule has 0 saturated carbocycles. The van der Waals surface area contributed by atoms with Crippen LogP contribution in [0.3, 0.4) is 0 Å². The van der Waals surface area contributed by atoms with Crippen molar-refractivity contribution in [2.75, 3.05) is 0 Å². The van der Waals surface area contributed by atoms with Gasteiger partial charge in [-0.3, -0.25) is 0 Å². The van der Waals surface area contributed by atoms with Gasteiger partial charge in [-0.25, -0.2) is 4.68 Å². The molecule has 48 heavy (non-hydrogen) atoms. The lowest BCUT2D eigenvalue weighted by Crippen LogP contribution is -2.59. The van der Waals surface area contributed by atoms with E-state index in [4.69, 9.17) is 9.52 Å². The van der Waals surface area contributed by atoms with Gasteiger partial charge in [-0.2, -0.15) is 5.10 Å². The molecule has 4 nitrogen and oxygen atoms in total. The highest BCUT2D eigenvalue weighted by molar-refractivity contribution is 7.01. The van der Waals surface area contributed by atoms with E-state index in [2.05, 4.69) is 135 Å². The summed E-state index contributed by atoms with van der Waals surface area (Å²) in [6, 6.07) is 29.7. The van der Waals surface area contributed by atoms with Gasteiger partial charge in [-0.15, -0.1) is 0 Å². The third-order valence-corrected chi connectivity index (χ3v) is 11.4. The van der Waals surface area contributed by atoms with Crippen LogP contribution in [-0.2, 0) is 11.8 Å². The van der Waals surface area contributed by atoms with Gasteiger partial charge in [0.05, 0.1) is 22.2 Å². The lowest BCUT2D eigenvalue weighted by atomic mass is 9.34. The molecule has 5 heteroatoms. The summed E-state index contributed by atoms with van der Waals surface area (Å²) >= 11 is 0. The minimum atomic E-state index is 0.00216. The molecule has 5 aromatic carbocycles. The number of benzene rings is 5. The van der Waals surface area contributed by atoms with Crippen LogP contribution >= 0.6 is 0 Å². The number of furan rings is 1. The van der Waals surface area contributed by atoms with Crippen molar-refractivity contribution in [3.05, 3.63) is 113 Å². The fourth-order valence-electron chi connectivity index (χ4n) is 9.25. The third kappa shape index (κ3) is 3.15. The number of nitrogens with zero attached hydrogens (tertiary/aromatic N) is 3. The molecule has 0 radical (unpaired) electrons. The largest absolute Gasteiger partial charge is 0.457 e. The Labute approximate surface area is 279 Å². The molecule has 0 N–H and O–H groups in total. The Balaban J connectivity index is 1.38. The zero-order valence-corrected chi connectivity index (χ0v) is 27.9. The van der Waals surface area contributed by atoms with Crippen LogP contribution in [0, 0.1) is 13.8 Å². The Hall–Kier alpha value is -5.29. The fraction of sp³-hybridized carbons (Fsp3) is 0.186.